The molecule has 1 aromatic carbocycles. The summed E-state index contributed by atoms with van der Waals surface area (Å²) in [5.74, 6) is -2.73. The minimum atomic E-state index is -1.82. The van der Waals surface area contributed by atoms with Crippen molar-refractivity contribution in [2.24, 2.45) is 0 Å². The molecule has 2 saturated heterocycles. The molecule has 0 aliphatic carbocycles. The van der Waals surface area contributed by atoms with E-state index in [4.69, 9.17) is 9.15 Å². The number of furan rings is 1. The van der Waals surface area contributed by atoms with Crippen molar-refractivity contribution in [3.05, 3.63) is 36.1 Å². The van der Waals surface area contributed by atoms with Crippen LogP contribution in [0.4, 0.5) is 0 Å². The molecule has 2 aliphatic heterocycles. The third-order valence-corrected chi connectivity index (χ3v) is 5.31. The second-order valence-electron chi connectivity index (χ2n) is 7.14. The van der Waals surface area contributed by atoms with E-state index in [2.05, 4.69) is 10.6 Å². The highest BCUT2D eigenvalue weighted by Crippen LogP contribution is 2.34. The largest absolute Gasteiger partial charge is 0.475 e. The minimum Gasteiger partial charge on any atom is -0.464 e. The van der Waals surface area contributed by atoms with Gasteiger partial charge >= 0.3 is 18.9 Å². The Kier molecular flexibility index (Phi) is 4.90. The molecule has 2 amide bonds. The summed E-state index contributed by atoms with van der Waals surface area (Å²) in [6.45, 7) is 0. The van der Waals surface area contributed by atoms with Gasteiger partial charge in [-0.05, 0) is 37.3 Å². The van der Waals surface area contributed by atoms with E-state index >= 15 is 0 Å². The number of hydrogen-bond donors (Lipinski definition) is 4. The third-order valence-electron chi connectivity index (χ3n) is 5.31. The number of hydrogen-bond acceptors (Lipinski definition) is 6. The Morgan fingerprint density at radius 1 is 1.22 bits per heavy atom. The predicted molar refractivity (Wildman–Crippen MR) is 96.5 cm³/mol. The number of amides is 2. The molecular weight excluding hydrogens is 351 g/mol. The monoisotopic (exact) mass is 372 g/mol. The van der Waals surface area contributed by atoms with Gasteiger partial charge in [0.05, 0.1) is 30.5 Å². The van der Waals surface area contributed by atoms with E-state index in [1.54, 1.807) is 6.07 Å². The van der Waals surface area contributed by atoms with Gasteiger partial charge in [0, 0.05) is 5.39 Å². The van der Waals surface area contributed by atoms with Gasteiger partial charge in [-0.3, -0.25) is 9.59 Å². The summed E-state index contributed by atoms with van der Waals surface area (Å²) in [5.41, 5.74) is 1.38. The van der Waals surface area contributed by atoms with Gasteiger partial charge in [0.15, 0.2) is 0 Å². The van der Waals surface area contributed by atoms with Crippen LogP contribution in [0, 0.1) is 0 Å². The van der Waals surface area contributed by atoms with Crippen LogP contribution < -0.4 is 10.6 Å². The standard InChI is InChI=1S/C18H21BN2O6/c22-17(20-13-8-11-5-6-15(13)27-11)18(23)21-16(19(24)25)7-10-9-26-14-4-2-1-3-12(10)14/h1-4,9,11,13,15-16,24-25H,5-8H2,(H,20,22)(H,21,23)/t11-,13-,15+,16+/m1/s1. The van der Waals surface area contributed by atoms with Crippen LogP contribution in [0.15, 0.2) is 34.9 Å². The number of para-hydroxylation sites is 1. The maximum atomic E-state index is 12.2. The van der Waals surface area contributed by atoms with Crippen LogP contribution in [-0.2, 0) is 20.7 Å². The van der Waals surface area contributed by atoms with Gasteiger partial charge in [0.1, 0.15) is 5.58 Å². The van der Waals surface area contributed by atoms with Crippen molar-refractivity contribution in [1.82, 2.24) is 10.6 Å². The average molecular weight is 372 g/mol. The van der Waals surface area contributed by atoms with Crippen LogP contribution in [0.2, 0.25) is 0 Å². The lowest BCUT2D eigenvalue weighted by atomic mass is 9.76. The van der Waals surface area contributed by atoms with Crippen LogP contribution in [-0.4, -0.2) is 53.2 Å². The molecule has 2 fully saturated rings. The number of carbonyl (C=O) groups excluding carboxylic acids is 2. The smallest absolute Gasteiger partial charge is 0.464 e. The first kappa shape index (κ1) is 18.0. The topological polar surface area (TPSA) is 121 Å². The van der Waals surface area contributed by atoms with Gasteiger partial charge in [0.25, 0.3) is 0 Å². The molecule has 0 spiro atoms. The van der Waals surface area contributed by atoms with E-state index in [1.807, 2.05) is 18.2 Å². The van der Waals surface area contributed by atoms with Gasteiger partial charge in [-0.2, -0.15) is 0 Å². The zero-order chi connectivity index (χ0) is 19.0. The van der Waals surface area contributed by atoms with Crippen molar-refractivity contribution < 1.29 is 28.8 Å². The number of benzene rings is 1. The SMILES string of the molecule is O=C(N[C@@H](Cc1coc2ccccc12)B(O)O)C(=O)N[C@@H]1C[C@H]2CC[C@@H]1O2. The van der Waals surface area contributed by atoms with Crippen molar-refractivity contribution in [2.75, 3.05) is 0 Å². The van der Waals surface area contributed by atoms with E-state index in [9.17, 15) is 19.6 Å². The summed E-state index contributed by atoms with van der Waals surface area (Å²) in [6.07, 6.45) is 4.32. The molecule has 0 saturated carbocycles. The van der Waals surface area contributed by atoms with E-state index in [0.29, 0.717) is 17.6 Å². The molecule has 4 atom stereocenters. The quantitative estimate of drug-likeness (QED) is 0.430. The maximum absolute atomic E-state index is 12.2. The predicted octanol–water partition coefficient (Wildman–Crippen LogP) is -0.0918. The molecule has 142 valence electrons. The van der Waals surface area contributed by atoms with E-state index in [1.165, 1.54) is 6.26 Å². The van der Waals surface area contributed by atoms with Crippen LogP contribution >= 0.6 is 0 Å². The Balaban J connectivity index is 1.39. The van der Waals surface area contributed by atoms with Crippen molar-refractivity contribution >= 4 is 29.9 Å². The fraction of sp³-hybridized carbons (Fsp3) is 0.444. The summed E-state index contributed by atoms with van der Waals surface area (Å²) in [4.78, 5) is 24.4. The molecule has 2 bridgehead atoms. The molecular formula is C18H21BN2O6. The second-order valence-corrected chi connectivity index (χ2v) is 7.14. The molecule has 2 aromatic rings. The van der Waals surface area contributed by atoms with Crippen LogP contribution in [0.25, 0.3) is 11.0 Å². The molecule has 2 aliphatic rings. The minimum absolute atomic E-state index is 0.0386. The van der Waals surface area contributed by atoms with Crippen LogP contribution in [0.5, 0.6) is 0 Å². The van der Waals surface area contributed by atoms with E-state index in [-0.39, 0.29) is 24.7 Å². The van der Waals surface area contributed by atoms with E-state index < -0.39 is 24.9 Å². The van der Waals surface area contributed by atoms with Crippen LogP contribution in [0.3, 0.4) is 0 Å². The first-order valence-electron chi connectivity index (χ1n) is 9.09. The molecule has 4 N–H and O–H groups in total. The van der Waals surface area contributed by atoms with Gasteiger partial charge in [-0.15, -0.1) is 0 Å². The number of ether oxygens (including phenoxy) is 1. The molecule has 0 unspecified atom stereocenters. The van der Waals surface area contributed by atoms with Crippen molar-refractivity contribution in [2.45, 2.75) is 49.9 Å². The number of fused-ring (bicyclic) bond motifs is 3. The summed E-state index contributed by atoms with van der Waals surface area (Å²) in [6, 6.07) is 7.15. The summed E-state index contributed by atoms with van der Waals surface area (Å²) < 4.78 is 11.1. The zero-order valence-corrected chi connectivity index (χ0v) is 14.6. The first-order chi connectivity index (χ1) is 13.0. The Morgan fingerprint density at radius 2 is 2.04 bits per heavy atom. The number of carbonyl (C=O) groups is 2. The highest BCUT2D eigenvalue weighted by Gasteiger charge is 2.42. The Hall–Kier alpha value is -2.36. The lowest BCUT2D eigenvalue weighted by Gasteiger charge is -2.21. The molecule has 8 nitrogen and oxygen atoms in total. The van der Waals surface area contributed by atoms with Gasteiger partial charge in [-0.25, -0.2) is 0 Å². The molecule has 27 heavy (non-hydrogen) atoms. The zero-order valence-electron chi connectivity index (χ0n) is 14.6. The highest BCUT2D eigenvalue weighted by atomic mass is 16.5. The molecule has 3 heterocycles. The molecule has 9 heteroatoms. The first-order valence-corrected chi connectivity index (χ1v) is 9.09. The normalized spacial score (nSPS) is 24.7. The lowest BCUT2D eigenvalue weighted by Crippen LogP contribution is -2.54. The Morgan fingerprint density at radius 3 is 2.74 bits per heavy atom. The van der Waals surface area contributed by atoms with E-state index in [0.717, 1.165) is 18.2 Å². The van der Waals surface area contributed by atoms with Crippen LogP contribution in [0.1, 0.15) is 24.8 Å². The maximum Gasteiger partial charge on any atom is 0.475 e. The summed E-state index contributed by atoms with van der Waals surface area (Å²) >= 11 is 0. The van der Waals surface area contributed by atoms with Gasteiger partial charge in [0.2, 0.25) is 0 Å². The second kappa shape index (κ2) is 7.34. The molecule has 0 radical (unpaired) electrons. The Bertz CT molecular complexity index is 853. The number of rotatable bonds is 5. The highest BCUT2D eigenvalue weighted by molar-refractivity contribution is 6.45. The van der Waals surface area contributed by atoms with Crippen molar-refractivity contribution in [3.63, 3.8) is 0 Å². The lowest BCUT2D eigenvalue weighted by molar-refractivity contribution is -0.140. The molecule has 1 aromatic heterocycles. The molecule has 4 rings (SSSR count). The van der Waals surface area contributed by atoms with Crippen molar-refractivity contribution in [1.29, 1.82) is 0 Å². The third kappa shape index (κ3) is 3.71. The summed E-state index contributed by atoms with van der Waals surface area (Å²) in [5, 5.41) is 25.2. The number of nitrogens with one attached hydrogen (secondary N) is 2. The van der Waals surface area contributed by atoms with Gasteiger partial charge < -0.3 is 29.8 Å². The fourth-order valence-electron chi connectivity index (χ4n) is 3.92. The summed E-state index contributed by atoms with van der Waals surface area (Å²) in [7, 11) is -1.82. The Labute approximate surface area is 156 Å². The van der Waals surface area contributed by atoms with Gasteiger partial charge in [-0.1, -0.05) is 18.2 Å². The average Bonchev–Trinajstić information content (AvgIpc) is 3.37. The fourth-order valence-corrected chi connectivity index (χ4v) is 3.92. The van der Waals surface area contributed by atoms with Crippen molar-refractivity contribution in [3.8, 4) is 0 Å².